The minimum Gasteiger partial charge on any atom is -0.481 e. The zero-order valence-electron chi connectivity index (χ0n) is 12.8. The smallest absolute Gasteiger partial charge is 0.306 e. The molecule has 1 fully saturated rings. The fraction of sp³-hybridized carbons (Fsp3) is 0.438. The standard InChI is InChI=1S/C16H17ClN2O4S/c17-9-2-4-12-11(6-9)19-15(21)13(24-12)7-14(20)18-10-3-1-8(5-10)16(22)23/h2,4,6,8,10,13H,1,3,5,7H2,(H,18,20)(H,19,21)(H,22,23)/t8-,10+,13?/m1/s1. The van der Waals surface area contributed by atoms with E-state index in [1.54, 1.807) is 12.1 Å². The van der Waals surface area contributed by atoms with Crippen molar-refractivity contribution >= 4 is 46.8 Å². The van der Waals surface area contributed by atoms with Crippen molar-refractivity contribution in [3.05, 3.63) is 23.2 Å². The van der Waals surface area contributed by atoms with E-state index in [0.29, 0.717) is 30.0 Å². The molecule has 1 saturated carbocycles. The molecule has 0 spiro atoms. The normalized spacial score (nSPS) is 25.7. The number of carboxylic acids is 1. The van der Waals surface area contributed by atoms with Gasteiger partial charge in [-0.25, -0.2) is 0 Å². The second-order valence-corrected chi connectivity index (χ2v) is 7.73. The topological polar surface area (TPSA) is 95.5 Å². The van der Waals surface area contributed by atoms with Gasteiger partial charge < -0.3 is 15.7 Å². The van der Waals surface area contributed by atoms with Gasteiger partial charge in [0.15, 0.2) is 0 Å². The minimum absolute atomic E-state index is 0.0623. The fourth-order valence-corrected chi connectivity index (χ4v) is 4.31. The Hall–Kier alpha value is -1.73. The Morgan fingerprint density at radius 3 is 2.88 bits per heavy atom. The van der Waals surface area contributed by atoms with Crippen LogP contribution in [0, 0.1) is 5.92 Å². The van der Waals surface area contributed by atoms with E-state index in [1.807, 2.05) is 6.07 Å². The second kappa shape index (κ2) is 7.03. The molecule has 1 unspecified atom stereocenters. The summed E-state index contributed by atoms with van der Waals surface area (Å²) in [6, 6.07) is 5.12. The maximum atomic E-state index is 12.2. The highest BCUT2D eigenvalue weighted by atomic mass is 35.5. The monoisotopic (exact) mass is 368 g/mol. The summed E-state index contributed by atoms with van der Waals surface area (Å²) in [6.45, 7) is 0. The Morgan fingerprint density at radius 1 is 1.38 bits per heavy atom. The van der Waals surface area contributed by atoms with Crippen molar-refractivity contribution in [1.29, 1.82) is 0 Å². The molecule has 0 aromatic heterocycles. The van der Waals surface area contributed by atoms with Gasteiger partial charge in [0.25, 0.3) is 0 Å². The van der Waals surface area contributed by atoms with Crippen molar-refractivity contribution in [3.8, 4) is 0 Å². The van der Waals surface area contributed by atoms with Gasteiger partial charge in [0.1, 0.15) is 0 Å². The Kier molecular flexibility index (Phi) is 5.01. The SMILES string of the molecule is O=C(CC1Sc2ccc(Cl)cc2NC1=O)N[C@H]1CC[C@@H](C(=O)O)C1. The molecule has 1 aliphatic carbocycles. The van der Waals surface area contributed by atoms with Crippen molar-refractivity contribution < 1.29 is 19.5 Å². The molecule has 0 bridgehead atoms. The summed E-state index contributed by atoms with van der Waals surface area (Å²) < 4.78 is 0. The van der Waals surface area contributed by atoms with Gasteiger partial charge in [0, 0.05) is 22.4 Å². The number of carbonyl (C=O) groups excluding carboxylic acids is 2. The molecule has 0 saturated heterocycles. The van der Waals surface area contributed by atoms with Crippen LogP contribution in [0.15, 0.2) is 23.1 Å². The molecule has 1 aromatic rings. The van der Waals surface area contributed by atoms with E-state index < -0.39 is 11.2 Å². The molecule has 2 aliphatic rings. The van der Waals surface area contributed by atoms with E-state index in [2.05, 4.69) is 10.6 Å². The quantitative estimate of drug-likeness (QED) is 0.759. The summed E-state index contributed by atoms with van der Waals surface area (Å²) in [5, 5.41) is 14.7. The van der Waals surface area contributed by atoms with Gasteiger partial charge >= 0.3 is 5.97 Å². The highest BCUT2D eigenvalue weighted by molar-refractivity contribution is 8.01. The second-order valence-electron chi connectivity index (χ2n) is 6.05. The highest BCUT2D eigenvalue weighted by Crippen LogP contribution is 2.38. The Morgan fingerprint density at radius 2 is 2.17 bits per heavy atom. The Labute approximate surface area is 148 Å². The number of benzene rings is 1. The molecule has 128 valence electrons. The largest absolute Gasteiger partial charge is 0.481 e. The zero-order valence-corrected chi connectivity index (χ0v) is 14.3. The fourth-order valence-electron chi connectivity index (χ4n) is 3.05. The number of carboxylic acid groups (broad SMARTS) is 1. The zero-order chi connectivity index (χ0) is 17.3. The Bertz CT molecular complexity index is 697. The van der Waals surface area contributed by atoms with Crippen LogP contribution in [0.2, 0.25) is 5.02 Å². The van der Waals surface area contributed by atoms with Crippen LogP contribution >= 0.6 is 23.4 Å². The lowest BCUT2D eigenvalue weighted by atomic mass is 10.1. The number of thioether (sulfide) groups is 1. The lowest BCUT2D eigenvalue weighted by Gasteiger charge is -2.24. The first-order chi connectivity index (χ1) is 11.4. The van der Waals surface area contributed by atoms with Gasteiger partial charge in [-0.2, -0.15) is 0 Å². The average Bonchev–Trinajstić information content (AvgIpc) is 2.97. The van der Waals surface area contributed by atoms with Crippen LogP contribution in [0.25, 0.3) is 0 Å². The summed E-state index contributed by atoms with van der Waals surface area (Å²) in [5.74, 6) is -1.65. The average molecular weight is 369 g/mol. The lowest BCUT2D eigenvalue weighted by Crippen LogP contribution is -2.38. The van der Waals surface area contributed by atoms with E-state index in [1.165, 1.54) is 11.8 Å². The molecule has 8 heteroatoms. The van der Waals surface area contributed by atoms with Crippen LogP contribution < -0.4 is 10.6 Å². The third-order valence-electron chi connectivity index (χ3n) is 4.28. The van der Waals surface area contributed by atoms with E-state index in [9.17, 15) is 14.4 Å². The molecule has 3 N–H and O–H groups in total. The number of hydrogen-bond donors (Lipinski definition) is 3. The number of fused-ring (bicyclic) bond motifs is 1. The van der Waals surface area contributed by atoms with Crippen LogP contribution in [0.4, 0.5) is 5.69 Å². The summed E-state index contributed by atoms with van der Waals surface area (Å²) >= 11 is 7.25. The lowest BCUT2D eigenvalue weighted by molar-refractivity contribution is -0.141. The predicted octanol–water partition coefficient (Wildman–Crippen LogP) is 2.51. The summed E-state index contributed by atoms with van der Waals surface area (Å²) in [7, 11) is 0. The van der Waals surface area contributed by atoms with Crippen molar-refractivity contribution in [2.45, 2.75) is 41.9 Å². The van der Waals surface area contributed by atoms with Crippen molar-refractivity contribution in [1.82, 2.24) is 5.32 Å². The Balaban J connectivity index is 1.56. The van der Waals surface area contributed by atoms with Crippen molar-refractivity contribution in [2.24, 2.45) is 5.92 Å². The summed E-state index contributed by atoms with van der Waals surface area (Å²) in [6.07, 6.45) is 1.75. The van der Waals surface area contributed by atoms with Crippen LogP contribution in [-0.4, -0.2) is 34.2 Å². The number of nitrogens with one attached hydrogen (secondary N) is 2. The molecule has 3 rings (SSSR count). The molecule has 0 radical (unpaired) electrons. The summed E-state index contributed by atoms with van der Waals surface area (Å²) in [4.78, 5) is 36.2. The number of amides is 2. The first-order valence-corrected chi connectivity index (χ1v) is 8.97. The molecule has 2 amide bonds. The number of halogens is 1. The molecule has 1 heterocycles. The predicted molar refractivity (Wildman–Crippen MR) is 91.3 cm³/mol. The van der Waals surface area contributed by atoms with Gasteiger partial charge in [0.2, 0.25) is 11.8 Å². The number of rotatable bonds is 4. The molecule has 3 atom stereocenters. The van der Waals surface area contributed by atoms with Crippen molar-refractivity contribution in [2.75, 3.05) is 5.32 Å². The van der Waals surface area contributed by atoms with Crippen LogP contribution in [0.3, 0.4) is 0 Å². The maximum absolute atomic E-state index is 12.2. The third-order valence-corrected chi connectivity index (χ3v) is 5.79. The van der Waals surface area contributed by atoms with Gasteiger partial charge in [-0.3, -0.25) is 14.4 Å². The molecule has 1 aromatic carbocycles. The van der Waals surface area contributed by atoms with Crippen LogP contribution in [-0.2, 0) is 14.4 Å². The van der Waals surface area contributed by atoms with Gasteiger partial charge in [-0.1, -0.05) is 11.6 Å². The number of carbonyl (C=O) groups is 3. The van der Waals surface area contributed by atoms with Gasteiger partial charge in [-0.15, -0.1) is 11.8 Å². The first kappa shape index (κ1) is 17.1. The molecule has 6 nitrogen and oxygen atoms in total. The number of hydrogen-bond acceptors (Lipinski definition) is 4. The van der Waals surface area contributed by atoms with Crippen LogP contribution in [0.5, 0.6) is 0 Å². The van der Waals surface area contributed by atoms with Gasteiger partial charge in [0.05, 0.1) is 16.9 Å². The first-order valence-electron chi connectivity index (χ1n) is 7.71. The van der Waals surface area contributed by atoms with Crippen molar-refractivity contribution in [3.63, 3.8) is 0 Å². The van der Waals surface area contributed by atoms with E-state index in [4.69, 9.17) is 16.7 Å². The van der Waals surface area contributed by atoms with Gasteiger partial charge in [-0.05, 0) is 37.5 Å². The maximum Gasteiger partial charge on any atom is 0.306 e. The number of anilines is 1. The van der Waals surface area contributed by atoms with Crippen LogP contribution in [0.1, 0.15) is 25.7 Å². The molecule has 24 heavy (non-hydrogen) atoms. The molecular weight excluding hydrogens is 352 g/mol. The molecule has 1 aliphatic heterocycles. The molecular formula is C16H17ClN2O4S. The van der Waals surface area contributed by atoms with E-state index in [0.717, 1.165) is 4.90 Å². The third kappa shape index (κ3) is 3.84. The summed E-state index contributed by atoms with van der Waals surface area (Å²) in [5.41, 5.74) is 0.661. The minimum atomic E-state index is -0.816. The number of aliphatic carboxylic acids is 1. The van der Waals surface area contributed by atoms with E-state index in [-0.39, 0.29) is 30.2 Å². The van der Waals surface area contributed by atoms with E-state index >= 15 is 0 Å². The highest BCUT2D eigenvalue weighted by Gasteiger charge is 2.33.